The van der Waals surface area contributed by atoms with Crippen molar-refractivity contribution in [2.45, 2.75) is 13.0 Å². The van der Waals surface area contributed by atoms with Crippen molar-refractivity contribution in [2.24, 2.45) is 7.05 Å². The van der Waals surface area contributed by atoms with Crippen LogP contribution in [0.2, 0.25) is 5.02 Å². The summed E-state index contributed by atoms with van der Waals surface area (Å²) in [5.74, 6) is 0.367. The lowest BCUT2D eigenvalue weighted by Crippen LogP contribution is -2.25. The molecular formula is C13H15ClFN3. The second-order valence-electron chi connectivity index (χ2n) is 4.03. The molecule has 0 saturated heterocycles. The van der Waals surface area contributed by atoms with Crippen molar-refractivity contribution in [1.29, 1.82) is 0 Å². The molecule has 5 heteroatoms. The van der Waals surface area contributed by atoms with Gasteiger partial charge in [0, 0.05) is 25.0 Å². The Morgan fingerprint density at radius 1 is 1.50 bits per heavy atom. The predicted octanol–water partition coefficient (Wildman–Crippen LogP) is 2.91. The van der Waals surface area contributed by atoms with Gasteiger partial charge in [-0.15, -0.1) is 0 Å². The third-order valence-corrected chi connectivity index (χ3v) is 3.11. The molecule has 1 aromatic carbocycles. The number of aryl methyl sites for hydroxylation is 1. The van der Waals surface area contributed by atoms with E-state index >= 15 is 0 Å². The fourth-order valence-electron chi connectivity index (χ4n) is 1.94. The van der Waals surface area contributed by atoms with E-state index in [1.165, 1.54) is 0 Å². The summed E-state index contributed by atoms with van der Waals surface area (Å²) in [4.78, 5) is 4.27. The number of hydrogen-bond acceptors (Lipinski definition) is 2. The largest absolute Gasteiger partial charge is 0.336 e. The number of aromatic nitrogens is 2. The minimum Gasteiger partial charge on any atom is -0.336 e. The van der Waals surface area contributed by atoms with Crippen molar-refractivity contribution in [3.05, 3.63) is 52.8 Å². The van der Waals surface area contributed by atoms with Gasteiger partial charge in [-0.1, -0.05) is 30.7 Å². The number of nitrogens with zero attached hydrogens (tertiary/aromatic N) is 2. The highest BCUT2D eigenvalue weighted by Crippen LogP contribution is 2.27. The number of hydrogen-bond donors (Lipinski definition) is 1. The number of benzene rings is 1. The molecule has 0 spiro atoms. The molecule has 1 unspecified atom stereocenters. The molecule has 3 nitrogen and oxygen atoms in total. The maximum absolute atomic E-state index is 14.1. The summed E-state index contributed by atoms with van der Waals surface area (Å²) in [6, 6.07) is 4.72. The first-order valence-corrected chi connectivity index (χ1v) is 6.17. The molecule has 1 atom stereocenters. The molecule has 2 aromatic rings. The highest BCUT2D eigenvalue weighted by atomic mass is 35.5. The average Bonchev–Trinajstić information content (AvgIpc) is 2.76. The minimum atomic E-state index is -0.395. The van der Waals surface area contributed by atoms with E-state index in [-0.39, 0.29) is 11.1 Å². The van der Waals surface area contributed by atoms with Gasteiger partial charge in [0.15, 0.2) is 0 Å². The summed E-state index contributed by atoms with van der Waals surface area (Å²) in [7, 11) is 1.88. The van der Waals surface area contributed by atoms with Gasteiger partial charge in [-0.05, 0) is 12.6 Å². The van der Waals surface area contributed by atoms with E-state index in [1.807, 2.05) is 24.7 Å². The molecule has 0 amide bonds. The molecule has 1 heterocycles. The maximum atomic E-state index is 14.1. The molecule has 18 heavy (non-hydrogen) atoms. The average molecular weight is 268 g/mol. The van der Waals surface area contributed by atoms with E-state index in [0.29, 0.717) is 12.1 Å². The third-order valence-electron chi connectivity index (χ3n) is 2.82. The summed E-state index contributed by atoms with van der Waals surface area (Å²) in [5.41, 5.74) is 0.513. The predicted molar refractivity (Wildman–Crippen MR) is 70.1 cm³/mol. The minimum absolute atomic E-state index is 0.129. The highest BCUT2D eigenvalue weighted by molar-refractivity contribution is 6.30. The Balaban J connectivity index is 2.48. The third kappa shape index (κ3) is 2.40. The first kappa shape index (κ1) is 13.1. The quantitative estimate of drug-likeness (QED) is 0.923. The van der Waals surface area contributed by atoms with Gasteiger partial charge in [0.1, 0.15) is 11.6 Å². The van der Waals surface area contributed by atoms with Crippen LogP contribution in [0.25, 0.3) is 0 Å². The molecular weight excluding hydrogens is 253 g/mol. The molecule has 0 aliphatic rings. The lowest BCUT2D eigenvalue weighted by molar-refractivity contribution is 0.532. The van der Waals surface area contributed by atoms with Crippen LogP contribution in [0.4, 0.5) is 4.39 Å². The summed E-state index contributed by atoms with van der Waals surface area (Å²) >= 11 is 5.83. The van der Waals surface area contributed by atoms with E-state index in [9.17, 15) is 4.39 Å². The van der Waals surface area contributed by atoms with E-state index < -0.39 is 5.82 Å². The smallest absolute Gasteiger partial charge is 0.147 e. The van der Waals surface area contributed by atoms with Crippen LogP contribution in [-0.2, 0) is 7.05 Å². The summed E-state index contributed by atoms with van der Waals surface area (Å²) in [6.45, 7) is 2.68. The normalized spacial score (nSPS) is 12.7. The van der Waals surface area contributed by atoms with Crippen LogP contribution in [0.3, 0.4) is 0 Å². The van der Waals surface area contributed by atoms with Crippen LogP contribution >= 0.6 is 11.6 Å². The fourth-order valence-corrected chi connectivity index (χ4v) is 2.13. The van der Waals surface area contributed by atoms with Gasteiger partial charge in [0.05, 0.1) is 11.1 Å². The topological polar surface area (TPSA) is 29.9 Å². The Bertz CT molecular complexity index is 539. The molecule has 0 fully saturated rings. The zero-order valence-electron chi connectivity index (χ0n) is 10.3. The van der Waals surface area contributed by atoms with E-state index in [0.717, 1.165) is 5.82 Å². The van der Waals surface area contributed by atoms with Crippen molar-refractivity contribution >= 4 is 11.6 Å². The van der Waals surface area contributed by atoms with Crippen molar-refractivity contribution in [3.8, 4) is 0 Å². The fraction of sp³-hybridized carbons (Fsp3) is 0.308. The van der Waals surface area contributed by atoms with Crippen molar-refractivity contribution < 1.29 is 4.39 Å². The Kier molecular flexibility index (Phi) is 3.99. The van der Waals surface area contributed by atoms with E-state index in [2.05, 4.69) is 10.3 Å². The number of imidazole rings is 1. The number of rotatable bonds is 4. The monoisotopic (exact) mass is 267 g/mol. The lowest BCUT2D eigenvalue weighted by atomic mass is 10.1. The van der Waals surface area contributed by atoms with Gasteiger partial charge in [-0.25, -0.2) is 9.37 Å². The zero-order valence-corrected chi connectivity index (χ0v) is 11.1. The summed E-state index contributed by atoms with van der Waals surface area (Å²) in [5, 5.41) is 3.36. The standard InChI is InChI=1S/C13H15ClFN3/c1-3-16-12(13-17-7-8-18(13)2)9-5-4-6-10(14)11(9)15/h4-8,12,16H,3H2,1-2H3. The van der Waals surface area contributed by atoms with Crippen LogP contribution < -0.4 is 5.32 Å². The maximum Gasteiger partial charge on any atom is 0.147 e. The number of nitrogens with one attached hydrogen (secondary N) is 1. The van der Waals surface area contributed by atoms with Crippen LogP contribution in [0.5, 0.6) is 0 Å². The SMILES string of the molecule is CCNC(c1cccc(Cl)c1F)c1nccn1C. The summed E-state index contributed by atoms with van der Waals surface area (Å²) in [6.07, 6.45) is 3.53. The molecule has 1 aromatic heterocycles. The second-order valence-corrected chi connectivity index (χ2v) is 4.44. The van der Waals surface area contributed by atoms with Crippen LogP contribution in [0.15, 0.2) is 30.6 Å². The first-order valence-electron chi connectivity index (χ1n) is 5.79. The zero-order chi connectivity index (χ0) is 13.1. The van der Waals surface area contributed by atoms with Gasteiger partial charge in [-0.2, -0.15) is 0 Å². The molecule has 0 radical (unpaired) electrons. The van der Waals surface area contributed by atoms with E-state index in [4.69, 9.17) is 11.6 Å². The Hall–Kier alpha value is -1.39. The van der Waals surface area contributed by atoms with Crippen LogP contribution in [-0.4, -0.2) is 16.1 Å². The van der Waals surface area contributed by atoms with Crippen LogP contribution in [0, 0.1) is 5.82 Å². The van der Waals surface area contributed by atoms with E-state index in [1.54, 1.807) is 24.4 Å². The molecule has 1 N–H and O–H groups in total. The molecule has 0 aliphatic heterocycles. The van der Waals surface area contributed by atoms with Crippen molar-refractivity contribution in [2.75, 3.05) is 6.54 Å². The first-order chi connectivity index (χ1) is 8.65. The summed E-state index contributed by atoms with van der Waals surface area (Å²) < 4.78 is 16.0. The molecule has 96 valence electrons. The van der Waals surface area contributed by atoms with Crippen molar-refractivity contribution in [3.63, 3.8) is 0 Å². The van der Waals surface area contributed by atoms with Gasteiger partial charge in [0.2, 0.25) is 0 Å². The van der Waals surface area contributed by atoms with Crippen LogP contribution in [0.1, 0.15) is 24.4 Å². The Labute approximate surface area is 111 Å². The molecule has 0 aliphatic carbocycles. The Morgan fingerprint density at radius 3 is 2.89 bits per heavy atom. The van der Waals surface area contributed by atoms with Gasteiger partial charge in [-0.3, -0.25) is 0 Å². The van der Waals surface area contributed by atoms with Gasteiger partial charge in [0.25, 0.3) is 0 Å². The second kappa shape index (κ2) is 5.50. The molecule has 0 saturated carbocycles. The highest BCUT2D eigenvalue weighted by Gasteiger charge is 2.21. The van der Waals surface area contributed by atoms with Gasteiger partial charge < -0.3 is 9.88 Å². The number of halogens is 2. The lowest BCUT2D eigenvalue weighted by Gasteiger charge is -2.19. The molecule has 0 bridgehead atoms. The molecule has 2 rings (SSSR count). The van der Waals surface area contributed by atoms with Gasteiger partial charge >= 0.3 is 0 Å². The van der Waals surface area contributed by atoms with Crippen molar-refractivity contribution in [1.82, 2.24) is 14.9 Å². The Morgan fingerprint density at radius 2 is 2.28 bits per heavy atom.